The second-order valence-corrected chi connectivity index (χ2v) is 9.61. The number of Topliss-reactive ketones (excluding diaryl/α,β-unsaturated/α-hetero) is 1. The van der Waals surface area contributed by atoms with Gasteiger partial charge in [-0.1, -0.05) is 30.3 Å². The van der Waals surface area contributed by atoms with Crippen LogP contribution < -0.4 is 20.1 Å². The number of rotatable bonds is 6. The largest absolute Gasteiger partial charge is 0.497 e. The van der Waals surface area contributed by atoms with Gasteiger partial charge in [-0.15, -0.1) is 0 Å². The molecule has 2 N–H and O–H groups in total. The molecule has 1 aliphatic carbocycles. The molecule has 1 amide bonds. The van der Waals surface area contributed by atoms with E-state index in [-0.39, 0.29) is 29.4 Å². The molecule has 0 saturated carbocycles. The summed E-state index contributed by atoms with van der Waals surface area (Å²) >= 11 is 0. The molecular formula is C31H28F2N2O4. The van der Waals surface area contributed by atoms with Crippen molar-refractivity contribution in [2.75, 3.05) is 19.5 Å². The molecule has 39 heavy (non-hydrogen) atoms. The molecular weight excluding hydrogens is 502 g/mol. The number of dihydropyridines is 1. The number of methoxy groups -OCH3 is 2. The molecule has 2 aliphatic rings. The molecule has 3 aromatic rings. The lowest BCUT2D eigenvalue weighted by molar-refractivity contribution is -0.116. The summed E-state index contributed by atoms with van der Waals surface area (Å²) in [6.07, 6.45) is 0.848. The first-order valence-electron chi connectivity index (χ1n) is 12.6. The first kappa shape index (κ1) is 26.2. The number of hydrogen-bond donors (Lipinski definition) is 2. The number of hydrogen-bond acceptors (Lipinski definition) is 5. The van der Waals surface area contributed by atoms with E-state index in [1.54, 1.807) is 25.1 Å². The number of ether oxygens (including phenoxy) is 2. The summed E-state index contributed by atoms with van der Waals surface area (Å²) in [5, 5.41) is 5.87. The molecule has 0 fully saturated rings. The van der Waals surface area contributed by atoms with Crippen LogP contribution >= 0.6 is 0 Å². The fourth-order valence-corrected chi connectivity index (χ4v) is 5.46. The van der Waals surface area contributed by atoms with Gasteiger partial charge in [0.1, 0.15) is 23.1 Å². The molecule has 0 radical (unpaired) electrons. The number of ketones is 1. The SMILES string of the molecule is COc1ccc(OC)c([C@@H]2C(C(=O)Nc3ccc(F)cc3F)=C(C)NC3=C2C(=O)C[C@H](c2ccccc2)C3)c1. The molecule has 0 bridgehead atoms. The van der Waals surface area contributed by atoms with Crippen molar-refractivity contribution in [2.45, 2.75) is 31.6 Å². The zero-order chi connectivity index (χ0) is 27.7. The van der Waals surface area contributed by atoms with E-state index in [2.05, 4.69) is 10.6 Å². The zero-order valence-corrected chi connectivity index (χ0v) is 21.8. The summed E-state index contributed by atoms with van der Waals surface area (Å²) in [6.45, 7) is 1.75. The minimum absolute atomic E-state index is 0.0192. The molecule has 3 aromatic carbocycles. The molecule has 0 saturated heterocycles. The fraction of sp³-hybridized carbons (Fsp3) is 0.226. The Morgan fingerprint density at radius 1 is 0.974 bits per heavy atom. The average Bonchev–Trinajstić information content (AvgIpc) is 2.93. The standard InChI is InChI=1S/C31H28F2N2O4/c1-17-28(31(37)35-24-11-9-20(32)15-23(24)33)29(22-16-21(38-2)10-12-27(22)39-3)30-25(34-17)13-19(14-26(30)36)18-7-5-4-6-8-18/h4-12,15-16,19,29,34H,13-14H2,1-3H3,(H,35,37)/t19-,29-/m1/s1. The van der Waals surface area contributed by atoms with E-state index in [4.69, 9.17) is 9.47 Å². The van der Waals surface area contributed by atoms with Crippen LogP contribution in [0.4, 0.5) is 14.5 Å². The van der Waals surface area contributed by atoms with Crippen LogP contribution in [0, 0.1) is 11.6 Å². The molecule has 5 rings (SSSR count). The molecule has 0 aromatic heterocycles. The Morgan fingerprint density at radius 2 is 1.74 bits per heavy atom. The van der Waals surface area contributed by atoms with Crippen molar-refractivity contribution in [2.24, 2.45) is 0 Å². The van der Waals surface area contributed by atoms with Crippen molar-refractivity contribution in [3.63, 3.8) is 0 Å². The fourth-order valence-electron chi connectivity index (χ4n) is 5.46. The highest BCUT2D eigenvalue weighted by molar-refractivity contribution is 6.10. The summed E-state index contributed by atoms with van der Waals surface area (Å²) < 4.78 is 39.0. The molecule has 1 aliphatic heterocycles. The van der Waals surface area contributed by atoms with Crippen molar-refractivity contribution in [3.8, 4) is 11.5 Å². The van der Waals surface area contributed by atoms with Crippen LogP contribution in [-0.4, -0.2) is 25.9 Å². The molecule has 8 heteroatoms. The van der Waals surface area contributed by atoms with E-state index in [1.165, 1.54) is 14.2 Å². The average molecular weight is 531 g/mol. The number of carbonyl (C=O) groups excluding carboxylic acids is 2. The lowest BCUT2D eigenvalue weighted by Crippen LogP contribution is -2.37. The third-order valence-corrected chi connectivity index (χ3v) is 7.27. The lowest BCUT2D eigenvalue weighted by Gasteiger charge is -2.37. The maximum Gasteiger partial charge on any atom is 0.254 e. The van der Waals surface area contributed by atoms with Crippen LogP contribution in [0.1, 0.15) is 42.7 Å². The number of halogens is 2. The summed E-state index contributed by atoms with van der Waals surface area (Å²) in [5.41, 5.74) is 3.41. The van der Waals surface area contributed by atoms with Crippen LogP contribution in [0.2, 0.25) is 0 Å². The van der Waals surface area contributed by atoms with Gasteiger partial charge in [-0.05, 0) is 55.2 Å². The normalized spacial score (nSPS) is 18.8. The van der Waals surface area contributed by atoms with E-state index < -0.39 is 23.5 Å². The summed E-state index contributed by atoms with van der Waals surface area (Å²) in [4.78, 5) is 27.6. The van der Waals surface area contributed by atoms with Crippen molar-refractivity contribution in [3.05, 3.63) is 112 Å². The van der Waals surface area contributed by atoms with Gasteiger partial charge in [-0.25, -0.2) is 8.78 Å². The second-order valence-electron chi connectivity index (χ2n) is 9.61. The van der Waals surface area contributed by atoms with Crippen molar-refractivity contribution in [1.29, 1.82) is 0 Å². The molecule has 0 unspecified atom stereocenters. The molecule has 0 spiro atoms. The Kier molecular flexibility index (Phi) is 7.19. The number of allylic oxidation sites excluding steroid dienone is 3. The maximum absolute atomic E-state index is 14.5. The number of benzene rings is 3. The maximum atomic E-state index is 14.5. The van der Waals surface area contributed by atoms with Gasteiger partial charge < -0.3 is 20.1 Å². The van der Waals surface area contributed by atoms with Crippen LogP contribution in [-0.2, 0) is 9.59 Å². The summed E-state index contributed by atoms with van der Waals surface area (Å²) in [7, 11) is 3.04. The monoisotopic (exact) mass is 530 g/mol. The number of amides is 1. The molecule has 2 atom stereocenters. The lowest BCUT2D eigenvalue weighted by atomic mass is 9.71. The first-order chi connectivity index (χ1) is 18.8. The van der Waals surface area contributed by atoms with Gasteiger partial charge in [0.05, 0.1) is 25.8 Å². The number of anilines is 1. The highest BCUT2D eigenvalue weighted by Crippen LogP contribution is 2.48. The molecule has 1 heterocycles. The topological polar surface area (TPSA) is 76.7 Å². The van der Waals surface area contributed by atoms with Gasteiger partial charge >= 0.3 is 0 Å². The Morgan fingerprint density at radius 3 is 2.44 bits per heavy atom. The zero-order valence-electron chi connectivity index (χ0n) is 21.8. The van der Waals surface area contributed by atoms with Crippen molar-refractivity contribution < 1.29 is 27.8 Å². The molecule has 6 nitrogen and oxygen atoms in total. The Bertz CT molecular complexity index is 1510. The van der Waals surface area contributed by atoms with Crippen molar-refractivity contribution in [1.82, 2.24) is 5.32 Å². The Hall–Kier alpha value is -4.46. The van der Waals surface area contributed by atoms with Gasteiger partial charge in [-0.2, -0.15) is 0 Å². The summed E-state index contributed by atoms with van der Waals surface area (Å²) in [6, 6.07) is 18.0. The van der Waals surface area contributed by atoms with Crippen LogP contribution in [0.3, 0.4) is 0 Å². The number of carbonyl (C=O) groups is 2. The minimum Gasteiger partial charge on any atom is -0.497 e. The quantitative estimate of drug-likeness (QED) is 0.410. The second kappa shape index (κ2) is 10.7. The van der Waals surface area contributed by atoms with Gasteiger partial charge in [0.15, 0.2) is 5.78 Å². The Balaban J connectivity index is 1.63. The third-order valence-electron chi connectivity index (χ3n) is 7.27. The van der Waals surface area contributed by atoms with E-state index in [0.29, 0.717) is 40.8 Å². The van der Waals surface area contributed by atoms with Crippen molar-refractivity contribution >= 4 is 17.4 Å². The molecule has 200 valence electrons. The predicted octanol–water partition coefficient (Wildman–Crippen LogP) is 5.98. The third kappa shape index (κ3) is 5.02. The van der Waals surface area contributed by atoms with Crippen LogP contribution in [0.5, 0.6) is 11.5 Å². The highest BCUT2D eigenvalue weighted by atomic mass is 19.1. The van der Waals surface area contributed by atoms with E-state index >= 15 is 0 Å². The van der Waals surface area contributed by atoms with Crippen LogP contribution in [0.25, 0.3) is 0 Å². The minimum atomic E-state index is -0.903. The van der Waals surface area contributed by atoms with Gasteiger partial charge in [0.2, 0.25) is 0 Å². The smallest absolute Gasteiger partial charge is 0.254 e. The summed E-state index contributed by atoms with van der Waals surface area (Å²) in [5.74, 6) is -2.20. The highest BCUT2D eigenvalue weighted by Gasteiger charge is 2.42. The van der Waals surface area contributed by atoms with Gasteiger partial charge in [0.25, 0.3) is 5.91 Å². The van der Waals surface area contributed by atoms with Crippen LogP contribution in [0.15, 0.2) is 89.3 Å². The van der Waals surface area contributed by atoms with E-state index in [9.17, 15) is 18.4 Å². The van der Waals surface area contributed by atoms with Gasteiger partial charge in [0, 0.05) is 40.6 Å². The van der Waals surface area contributed by atoms with Gasteiger partial charge in [-0.3, -0.25) is 9.59 Å². The first-order valence-corrected chi connectivity index (χ1v) is 12.6. The van der Waals surface area contributed by atoms with E-state index in [1.807, 2.05) is 30.3 Å². The Labute approximate surface area is 225 Å². The number of nitrogens with one attached hydrogen (secondary N) is 2. The van der Waals surface area contributed by atoms with E-state index in [0.717, 1.165) is 23.4 Å². The predicted molar refractivity (Wildman–Crippen MR) is 144 cm³/mol.